The van der Waals surface area contributed by atoms with E-state index in [2.05, 4.69) is 0 Å². The van der Waals surface area contributed by atoms with Gasteiger partial charge in [-0.3, -0.25) is 4.79 Å². The predicted octanol–water partition coefficient (Wildman–Crippen LogP) is 3.61. The Labute approximate surface area is 124 Å². The van der Waals surface area contributed by atoms with Gasteiger partial charge in [0, 0.05) is 19.1 Å². The number of hydrogen-bond acceptors (Lipinski definition) is 5. The summed E-state index contributed by atoms with van der Waals surface area (Å²) in [7, 11) is -0.828. The molecule has 1 rings (SSSR count). The van der Waals surface area contributed by atoms with Crippen LogP contribution >= 0.6 is 19.6 Å². The second-order valence-electron chi connectivity index (χ2n) is 3.85. The smallest absolute Gasteiger partial charge is 0.409 e. The van der Waals surface area contributed by atoms with Crippen LogP contribution in [-0.4, -0.2) is 25.2 Å². The van der Waals surface area contributed by atoms with Crippen LogP contribution in [0.1, 0.15) is 24.8 Å². The minimum atomic E-state index is -2.29. The van der Waals surface area contributed by atoms with E-state index in [0.717, 1.165) is 0 Å². The maximum atomic E-state index is 12.2. The van der Waals surface area contributed by atoms with E-state index in [-0.39, 0.29) is 5.88 Å². The van der Waals surface area contributed by atoms with Crippen molar-refractivity contribution in [1.82, 2.24) is 0 Å². The Kier molecular flexibility index (Phi) is 7.70. The summed E-state index contributed by atoms with van der Waals surface area (Å²) in [4.78, 5) is 11.4. The number of esters is 1. The zero-order valence-electron chi connectivity index (χ0n) is 11.3. The first-order valence-corrected chi connectivity index (χ1v) is 7.86. The Bertz CT molecular complexity index is 436. The van der Waals surface area contributed by atoms with E-state index in [9.17, 15) is 9.36 Å². The molecule has 1 aromatic rings. The Morgan fingerprint density at radius 2 is 2.00 bits per heavy atom. The molecule has 0 spiro atoms. The molecule has 0 N–H and O–H groups in total. The van der Waals surface area contributed by atoms with E-state index in [4.69, 9.17) is 25.6 Å². The minimum Gasteiger partial charge on any atom is -0.409 e. The lowest BCUT2D eigenvalue weighted by Crippen LogP contribution is -2.14. The summed E-state index contributed by atoms with van der Waals surface area (Å²) in [6.45, 7) is 1.83. The first-order chi connectivity index (χ1) is 9.62. The fraction of sp³-hybridized carbons (Fsp3) is 0.462. The maximum Gasteiger partial charge on any atom is 0.561 e. The minimum absolute atomic E-state index is 0.312. The van der Waals surface area contributed by atoms with Gasteiger partial charge in [-0.1, -0.05) is 37.3 Å². The van der Waals surface area contributed by atoms with Crippen molar-refractivity contribution in [3.63, 3.8) is 0 Å². The lowest BCUT2D eigenvalue weighted by atomic mass is 10.2. The topological polar surface area (TPSA) is 61.8 Å². The molecule has 0 aliphatic heterocycles. The van der Waals surface area contributed by atoms with Gasteiger partial charge in [0.2, 0.25) is 6.29 Å². The van der Waals surface area contributed by atoms with Crippen molar-refractivity contribution >= 4 is 25.6 Å². The third kappa shape index (κ3) is 5.17. The predicted molar refractivity (Wildman–Crippen MR) is 75.8 cm³/mol. The summed E-state index contributed by atoms with van der Waals surface area (Å²) in [5.41, 5.74) is 0.582. The molecule has 3 unspecified atom stereocenters. The molecule has 0 radical (unpaired) electrons. The molecular formula is C13H17ClO5P+. The highest BCUT2D eigenvalue weighted by Gasteiger charge is 2.40. The number of methoxy groups -OCH3 is 1. The largest absolute Gasteiger partial charge is 0.561 e. The second-order valence-corrected chi connectivity index (χ2v) is 5.37. The monoisotopic (exact) mass is 319 g/mol. The molecule has 0 saturated carbocycles. The Hall–Kier alpha value is -1.00. The van der Waals surface area contributed by atoms with Crippen LogP contribution in [-0.2, 0) is 23.4 Å². The number of carbonyl (C=O) groups excluding carboxylic acids is 1. The van der Waals surface area contributed by atoms with Crippen molar-refractivity contribution in [3.8, 4) is 0 Å². The molecule has 0 bridgehead atoms. The molecule has 0 aromatic heterocycles. The highest BCUT2D eigenvalue weighted by atomic mass is 35.5. The number of alkyl halides is 1. The van der Waals surface area contributed by atoms with Crippen LogP contribution in [0.4, 0.5) is 0 Å². The van der Waals surface area contributed by atoms with Gasteiger partial charge in [-0.15, -0.1) is 16.1 Å². The Morgan fingerprint density at radius 1 is 1.35 bits per heavy atom. The van der Waals surface area contributed by atoms with Gasteiger partial charge in [0.25, 0.3) is 0 Å². The number of ether oxygens (including phenoxy) is 2. The Morgan fingerprint density at radius 3 is 2.50 bits per heavy atom. The van der Waals surface area contributed by atoms with Crippen LogP contribution < -0.4 is 0 Å². The molecule has 1 aromatic carbocycles. The number of halogens is 1. The van der Waals surface area contributed by atoms with Crippen LogP contribution in [0.15, 0.2) is 30.3 Å². The van der Waals surface area contributed by atoms with E-state index in [0.29, 0.717) is 12.0 Å². The van der Waals surface area contributed by atoms with Crippen LogP contribution in [0.5, 0.6) is 0 Å². The highest BCUT2D eigenvalue weighted by Crippen LogP contribution is 2.44. The molecule has 0 saturated heterocycles. The van der Waals surface area contributed by atoms with Crippen LogP contribution in [0, 0.1) is 0 Å². The van der Waals surface area contributed by atoms with Gasteiger partial charge in [-0.05, 0) is 4.57 Å². The second kappa shape index (κ2) is 9.03. The molecule has 5 nitrogen and oxygen atoms in total. The van der Waals surface area contributed by atoms with Gasteiger partial charge in [0.05, 0.1) is 0 Å². The van der Waals surface area contributed by atoms with Crippen molar-refractivity contribution in [3.05, 3.63) is 35.9 Å². The molecular weight excluding hydrogens is 303 g/mol. The van der Waals surface area contributed by atoms with Gasteiger partial charge in [0.15, 0.2) is 0 Å². The summed E-state index contributed by atoms with van der Waals surface area (Å²) < 4.78 is 27.6. The number of carbonyl (C=O) groups is 1. The van der Waals surface area contributed by atoms with Gasteiger partial charge in [0.1, 0.15) is 5.88 Å². The number of hydrogen-bond donors (Lipinski definition) is 0. The van der Waals surface area contributed by atoms with Gasteiger partial charge >= 0.3 is 19.8 Å². The van der Waals surface area contributed by atoms with Gasteiger partial charge in [-0.2, -0.15) is 0 Å². The average Bonchev–Trinajstić information content (AvgIpc) is 2.50. The number of benzene rings is 1. The van der Waals surface area contributed by atoms with E-state index >= 15 is 0 Å². The molecule has 0 heterocycles. The lowest BCUT2D eigenvalue weighted by Gasteiger charge is -2.10. The summed E-state index contributed by atoms with van der Waals surface area (Å²) in [6.07, 6.45) is -0.0813. The van der Waals surface area contributed by atoms with Crippen molar-refractivity contribution < 1.29 is 23.4 Å². The molecule has 0 aliphatic rings. The fourth-order valence-electron chi connectivity index (χ4n) is 1.46. The van der Waals surface area contributed by atoms with Crippen LogP contribution in [0.25, 0.3) is 0 Å². The third-order valence-corrected chi connectivity index (χ3v) is 3.89. The summed E-state index contributed by atoms with van der Waals surface area (Å²) in [5, 5.41) is 0. The normalized spacial score (nSPS) is 14.4. The molecule has 3 atom stereocenters. The summed E-state index contributed by atoms with van der Waals surface area (Å²) >= 11 is 5.41. The molecule has 20 heavy (non-hydrogen) atoms. The van der Waals surface area contributed by atoms with Crippen LogP contribution in [0.2, 0.25) is 0 Å². The first kappa shape index (κ1) is 17.1. The average molecular weight is 320 g/mol. The molecule has 110 valence electrons. The zero-order chi connectivity index (χ0) is 15.0. The standard InChI is InChI=1S/C13H17ClO5P/c1-3-12(17-2)19-20(16)13(18-11(15)9-14)10-7-5-4-6-8-10/h4-8,12-13H,3,9H2,1-2H3/q+1. The molecule has 0 fully saturated rings. The summed E-state index contributed by atoms with van der Waals surface area (Å²) in [5.74, 6) is -1.96. The summed E-state index contributed by atoms with van der Waals surface area (Å²) in [6, 6.07) is 8.73. The van der Waals surface area contributed by atoms with E-state index < -0.39 is 26.1 Å². The van der Waals surface area contributed by atoms with Gasteiger partial charge in [-0.25, -0.2) is 0 Å². The lowest BCUT2D eigenvalue weighted by molar-refractivity contribution is -0.143. The van der Waals surface area contributed by atoms with Crippen molar-refractivity contribution in [2.75, 3.05) is 13.0 Å². The van der Waals surface area contributed by atoms with E-state index in [1.807, 2.05) is 13.0 Å². The molecule has 0 aliphatic carbocycles. The molecule has 0 amide bonds. The van der Waals surface area contributed by atoms with Crippen molar-refractivity contribution in [2.24, 2.45) is 0 Å². The highest BCUT2D eigenvalue weighted by molar-refractivity contribution is 7.39. The van der Waals surface area contributed by atoms with Crippen molar-refractivity contribution in [1.29, 1.82) is 0 Å². The fourth-order valence-corrected chi connectivity index (χ4v) is 2.72. The third-order valence-electron chi connectivity index (χ3n) is 2.45. The van der Waals surface area contributed by atoms with E-state index in [1.54, 1.807) is 24.3 Å². The maximum absolute atomic E-state index is 12.2. The van der Waals surface area contributed by atoms with Crippen LogP contribution in [0.3, 0.4) is 0 Å². The van der Waals surface area contributed by atoms with E-state index in [1.165, 1.54) is 7.11 Å². The van der Waals surface area contributed by atoms with Gasteiger partial charge < -0.3 is 9.47 Å². The molecule has 7 heteroatoms. The SMILES string of the molecule is CCC(OC)O[P+](=O)C(OC(=O)CCl)c1ccccc1. The zero-order valence-corrected chi connectivity index (χ0v) is 13.0. The quantitative estimate of drug-likeness (QED) is 0.317. The van der Waals surface area contributed by atoms with Crippen molar-refractivity contribution in [2.45, 2.75) is 25.5 Å². The Balaban J connectivity index is 2.87. The number of rotatable bonds is 8. The first-order valence-electron chi connectivity index (χ1n) is 6.08.